The van der Waals surface area contributed by atoms with Crippen molar-refractivity contribution in [3.63, 3.8) is 0 Å². The van der Waals surface area contributed by atoms with Gasteiger partial charge in [0.25, 0.3) is 0 Å². The average molecular weight is 192 g/mol. The molecule has 2 heterocycles. The number of halogens is 1. The SMILES string of the molecule is CNc1cnn(-c2cncc(F)c2)c1. The summed E-state index contributed by atoms with van der Waals surface area (Å²) in [6.07, 6.45) is 6.13. The Morgan fingerprint density at radius 3 is 2.86 bits per heavy atom. The van der Waals surface area contributed by atoms with Crippen LogP contribution in [0.3, 0.4) is 0 Å². The zero-order chi connectivity index (χ0) is 9.97. The largest absolute Gasteiger partial charge is 0.386 e. The Hall–Kier alpha value is -1.91. The molecule has 2 aromatic heterocycles. The van der Waals surface area contributed by atoms with Crippen LogP contribution in [-0.4, -0.2) is 21.8 Å². The molecule has 5 heteroatoms. The van der Waals surface area contributed by atoms with E-state index in [1.54, 1.807) is 30.3 Å². The van der Waals surface area contributed by atoms with Gasteiger partial charge >= 0.3 is 0 Å². The third kappa shape index (κ3) is 1.56. The normalized spacial score (nSPS) is 10.1. The first-order chi connectivity index (χ1) is 6.79. The lowest BCUT2D eigenvalue weighted by atomic mass is 10.4. The van der Waals surface area contributed by atoms with Crippen molar-refractivity contribution in [3.05, 3.63) is 36.7 Å². The van der Waals surface area contributed by atoms with Crippen LogP contribution in [0.5, 0.6) is 0 Å². The van der Waals surface area contributed by atoms with E-state index in [1.165, 1.54) is 6.07 Å². The van der Waals surface area contributed by atoms with Gasteiger partial charge in [-0.1, -0.05) is 0 Å². The molecule has 0 aliphatic heterocycles. The molecular weight excluding hydrogens is 183 g/mol. The summed E-state index contributed by atoms with van der Waals surface area (Å²) in [5.74, 6) is -0.371. The van der Waals surface area contributed by atoms with Crippen molar-refractivity contribution < 1.29 is 4.39 Å². The first-order valence-electron chi connectivity index (χ1n) is 4.13. The number of nitrogens with zero attached hydrogens (tertiary/aromatic N) is 3. The van der Waals surface area contributed by atoms with Gasteiger partial charge in [0.15, 0.2) is 0 Å². The molecule has 0 saturated heterocycles. The van der Waals surface area contributed by atoms with Crippen molar-refractivity contribution in [2.75, 3.05) is 12.4 Å². The number of nitrogens with one attached hydrogen (secondary N) is 1. The van der Waals surface area contributed by atoms with Gasteiger partial charge < -0.3 is 5.32 Å². The summed E-state index contributed by atoms with van der Waals surface area (Å²) in [4.78, 5) is 3.74. The molecule has 0 aromatic carbocycles. The van der Waals surface area contributed by atoms with E-state index in [2.05, 4.69) is 15.4 Å². The third-order valence-electron chi connectivity index (χ3n) is 1.83. The van der Waals surface area contributed by atoms with Gasteiger partial charge in [0.1, 0.15) is 5.82 Å². The quantitative estimate of drug-likeness (QED) is 0.783. The molecule has 0 aliphatic carbocycles. The number of pyridine rings is 1. The zero-order valence-corrected chi connectivity index (χ0v) is 7.61. The minimum atomic E-state index is -0.371. The standard InChI is InChI=1S/C9H9FN4/c1-11-8-4-13-14(6-8)9-2-7(10)3-12-5-9/h2-6,11H,1H3. The Balaban J connectivity index is 2.39. The van der Waals surface area contributed by atoms with Crippen LogP contribution in [0.15, 0.2) is 30.9 Å². The van der Waals surface area contributed by atoms with E-state index in [9.17, 15) is 4.39 Å². The van der Waals surface area contributed by atoms with E-state index >= 15 is 0 Å². The van der Waals surface area contributed by atoms with E-state index in [4.69, 9.17) is 0 Å². The molecule has 2 aromatic rings. The number of anilines is 1. The number of hydrogen-bond donors (Lipinski definition) is 1. The summed E-state index contributed by atoms with van der Waals surface area (Å²) in [5.41, 5.74) is 1.47. The molecule has 0 spiro atoms. The molecule has 2 rings (SSSR count). The molecule has 72 valence electrons. The number of aromatic nitrogens is 3. The molecule has 14 heavy (non-hydrogen) atoms. The maximum atomic E-state index is 12.8. The summed E-state index contributed by atoms with van der Waals surface area (Å²) in [5, 5.41) is 6.98. The van der Waals surface area contributed by atoms with Gasteiger partial charge in [-0.05, 0) is 0 Å². The van der Waals surface area contributed by atoms with Gasteiger partial charge in [-0.25, -0.2) is 9.07 Å². The maximum absolute atomic E-state index is 12.8. The van der Waals surface area contributed by atoms with Crippen molar-refractivity contribution in [2.45, 2.75) is 0 Å². The van der Waals surface area contributed by atoms with Crippen molar-refractivity contribution in [3.8, 4) is 5.69 Å². The molecule has 4 nitrogen and oxygen atoms in total. The topological polar surface area (TPSA) is 42.7 Å². The molecule has 0 amide bonds. The molecule has 0 atom stereocenters. The Morgan fingerprint density at radius 1 is 1.36 bits per heavy atom. The first kappa shape index (κ1) is 8.68. The van der Waals surface area contributed by atoms with Gasteiger partial charge in [0, 0.05) is 13.1 Å². The van der Waals surface area contributed by atoms with Crippen molar-refractivity contribution >= 4 is 5.69 Å². The predicted molar refractivity (Wildman–Crippen MR) is 50.9 cm³/mol. The van der Waals surface area contributed by atoms with E-state index in [1.807, 2.05) is 0 Å². The van der Waals surface area contributed by atoms with Gasteiger partial charge in [0.05, 0.1) is 36.2 Å². The van der Waals surface area contributed by atoms with Gasteiger partial charge in [-0.2, -0.15) is 5.10 Å². The van der Waals surface area contributed by atoms with Crippen LogP contribution in [0, 0.1) is 5.82 Å². The van der Waals surface area contributed by atoms with E-state index in [-0.39, 0.29) is 5.82 Å². The van der Waals surface area contributed by atoms with Crippen LogP contribution in [0.1, 0.15) is 0 Å². The fraction of sp³-hybridized carbons (Fsp3) is 0.111. The molecule has 0 bridgehead atoms. The van der Waals surface area contributed by atoms with E-state index in [0.29, 0.717) is 5.69 Å². The van der Waals surface area contributed by atoms with Crippen LogP contribution < -0.4 is 5.32 Å². The Kier molecular flexibility index (Phi) is 2.14. The number of rotatable bonds is 2. The lowest BCUT2D eigenvalue weighted by molar-refractivity contribution is 0.618. The molecule has 0 unspecified atom stereocenters. The summed E-state index contributed by atoms with van der Waals surface area (Å²) < 4.78 is 14.4. The summed E-state index contributed by atoms with van der Waals surface area (Å²) in [6.45, 7) is 0. The van der Waals surface area contributed by atoms with Crippen molar-refractivity contribution in [2.24, 2.45) is 0 Å². The Morgan fingerprint density at radius 2 is 2.21 bits per heavy atom. The van der Waals surface area contributed by atoms with Crippen LogP contribution in [-0.2, 0) is 0 Å². The highest BCUT2D eigenvalue weighted by atomic mass is 19.1. The predicted octanol–water partition coefficient (Wildman–Crippen LogP) is 1.45. The van der Waals surface area contributed by atoms with Gasteiger partial charge in [-0.3, -0.25) is 4.98 Å². The molecule has 0 saturated carbocycles. The van der Waals surface area contributed by atoms with Crippen molar-refractivity contribution in [1.29, 1.82) is 0 Å². The lowest BCUT2D eigenvalue weighted by Crippen LogP contribution is -1.95. The minimum Gasteiger partial charge on any atom is -0.386 e. The summed E-state index contributed by atoms with van der Waals surface area (Å²) in [6, 6.07) is 1.37. The zero-order valence-electron chi connectivity index (χ0n) is 7.61. The first-order valence-corrected chi connectivity index (χ1v) is 4.13. The molecule has 0 radical (unpaired) electrons. The monoisotopic (exact) mass is 192 g/mol. The average Bonchev–Trinajstić information content (AvgIpc) is 2.66. The molecule has 1 N–H and O–H groups in total. The van der Waals surface area contributed by atoms with E-state index < -0.39 is 0 Å². The second kappa shape index (κ2) is 3.45. The van der Waals surface area contributed by atoms with Crippen LogP contribution in [0.25, 0.3) is 5.69 Å². The Labute approximate surface area is 80.4 Å². The fourth-order valence-corrected chi connectivity index (χ4v) is 1.12. The van der Waals surface area contributed by atoms with Crippen LogP contribution in [0.4, 0.5) is 10.1 Å². The maximum Gasteiger partial charge on any atom is 0.143 e. The van der Waals surface area contributed by atoms with Crippen LogP contribution in [0.2, 0.25) is 0 Å². The van der Waals surface area contributed by atoms with Gasteiger partial charge in [0.2, 0.25) is 0 Å². The second-order valence-electron chi connectivity index (χ2n) is 2.78. The highest BCUT2D eigenvalue weighted by Crippen LogP contribution is 2.10. The van der Waals surface area contributed by atoms with E-state index in [0.717, 1.165) is 11.9 Å². The molecule has 0 aliphatic rings. The number of hydrogen-bond acceptors (Lipinski definition) is 3. The van der Waals surface area contributed by atoms with Crippen LogP contribution >= 0.6 is 0 Å². The Bertz CT molecular complexity index is 438. The molecule has 0 fully saturated rings. The fourth-order valence-electron chi connectivity index (χ4n) is 1.12. The van der Waals surface area contributed by atoms with Crippen molar-refractivity contribution in [1.82, 2.24) is 14.8 Å². The summed E-state index contributed by atoms with van der Waals surface area (Å²) >= 11 is 0. The summed E-state index contributed by atoms with van der Waals surface area (Å²) in [7, 11) is 1.80. The smallest absolute Gasteiger partial charge is 0.143 e. The highest BCUT2D eigenvalue weighted by Gasteiger charge is 2.00. The highest BCUT2D eigenvalue weighted by molar-refractivity contribution is 5.40. The van der Waals surface area contributed by atoms with Gasteiger partial charge in [-0.15, -0.1) is 0 Å². The third-order valence-corrected chi connectivity index (χ3v) is 1.83. The molecular formula is C9H9FN4. The minimum absolute atomic E-state index is 0.371. The second-order valence-corrected chi connectivity index (χ2v) is 2.78. The lowest BCUT2D eigenvalue weighted by Gasteiger charge is -1.99.